The van der Waals surface area contributed by atoms with Crippen LogP contribution in [-0.4, -0.2) is 23.1 Å². The van der Waals surface area contributed by atoms with Crippen LogP contribution in [0.5, 0.6) is 5.75 Å². The molecule has 2 aromatic rings. The number of hydrogen-bond donors (Lipinski definition) is 2. The van der Waals surface area contributed by atoms with Gasteiger partial charge in [0.2, 0.25) is 0 Å². The van der Waals surface area contributed by atoms with Crippen molar-refractivity contribution < 1.29 is 14.5 Å². The van der Waals surface area contributed by atoms with Crippen molar-refractivity contribution in [3.63, 3.8) is 0 Å². The lowest BCUT2D eigenvalue weighted by atomic mass is 10.2. The maximum absolute atomic E-state index is 12.1. The van der Waals surface area contributed by atoms with Crippen LogP contribution in [0.25, 0.3) is 0 Å². The molecule has 0 aromatic heterocycles. The zero-order chi connectivity index (χ0) is 17.7. The molecule has 0 saturated carbocycles. The summed E-state index contributed by atoms with van der Waals surface area (Å²) in [6, 6.07) is 10.5. The molecule has 24 heavy (non-hydrogen) atoms. The van der Waals surface area contributed by atoms with E-state index in [4.69, 9.17) is 17.0 Å². The lowest BCUT2D eigenvalue weighted by molar-refractivity contribution is -0.384. The Kier molecular flexibility index (Phi) is 5.83. The number of carbonyl (C=O) groups is 1. The molecule has 2 aromatic carbocycles. The van der Waals surface area contributed by atoms with E-state index in [0.29, 0.717) is 11.4 Å². The van der Waals surface area contributed by atoms with E-state index in [9.17, 15) is 14.9 Å². The van der Waals surface area contributed by atoms with Crippen molar-refractivity contribution >= 4 is 50.5 Å². The van der Waals surface area contributed by atoms with Crippen LogP contribution < -0.4 is 15.4 Å². The predicted molar refractivity (Wildman–Crippen MR) is 97.5 cm³/mol. The standard InChI is InChI=1S/C15H12BrN3O4S/c1-23-13-7-4-10(8-12(13)16)17-15(24)18-14(20)9-2-5-11(6-3-9)19(21)22/h2-8H,1H3,(H2,17,18,20,24). The fourth-order valence-corrected chi connectivity index (χ4v) is 2.57. The minimum Gasteiger partial charge on any atom is -0.496 e. The molecule has 0 bridgehead atoms. The maximum Gasteiger partial charge on any atom is 0.269 e. The summed E-state index contributed by atoms with van der Waals surface area (Å²) in [7, 11) is 1.56. The summed E-state index contributed by atoms with van der Waals surface area (Å²) in [4.78, 5) is 22.1. The molecule has 0 fully saturated rings. The molecule has 0 radical (unpaired) electrons. The summed E-state index contributed by atoms with van der Waals surface area (Å²) in [6.45, 7) is 0. The molecule has 0 aliphatic rings. The molecular weight excluding hydrogens is 398 g/mol. The van der Waals surface area contributed by atoms with Gasteiger partial charge in [-0.15, -0.1) is 0 Å². The van der Waals surface area contributed by atoms with Crippen molar-refractivity contribution in [2.24, 2.45) is 0 Å². The number of nitrogens with zero attached hydrogens (tertiary/aromatic N) is 1. The Morgan fingerprint density at radius 3 is 2.46 bits per heavy atom. The normalized spacial score (nSPS) is 9.92. The van der Waals surface area contributed by atoms with Gasteiger partial charge in [-0.2, -0.15) is 0 Å². The van der Waals surface area contributed by atoms with Gasteiger partial charge in [0.25, 0.3) is 11.6 Å². The number of benzene rings is 2. The summed E-state index contributed by atoms with van der Waals surface area (Å²) in [5.74, 6) is 0.205. The van der Waals surface area contributed by atoms with Crippen LogP contribution in [0.4, 0.5) is 11.4 Å². The Balaban J connectivity index is 2.00. The Morgan fingerprint density at radius 1 is 1.25 bits per heavy atom. The number of non-ortho nitro benzene ring substituents is 1. The van der Waals surface area contributed by atoms with Gasteiger partial charge in [-0.05, 0) is 58.5 Å². The Bertz CT molecular complexity index is 796. The first-order chi connectivity index (χ1) is 11.4. The van der Waals surface area contributed by atoms with Gasteiger partial charge < -0.3 is 10.1 Å². The van der Waals surface area contributed by atoms with Crippen LogP contribution in [0.2, 0.25) is 0 Å². The van der Waals surface area contributed by atoms with Crippen molar-refractivity contribution in [1.29, 1.82) is 0 Å². The Labute approximate surface area is 151 Å². The second-order valence-electron chi connectivity index (χ2n) is 4.56. The SMILES string of the molecule is COc1ccc(NC(=S)NC(=O)c2ccc([N+](=O)[O-])cc2)cc1Br. The fourth-order valence-electron chi connectivity index (χ4n) is 1.82. The number of carbonyl (C=O) groups excluding carboxylic acids is 1. The number of methoxy groups -OCH3 is 1. The van der Waals surface area contributed by atoms with Crippen molar-refractivity contribution in [1.82, 2.24) is 5.32 Å². The van der Waals surface area contributed by atoms with E-state index < -0.39 is 10.8 Å². The van der Waals surface area contributed by atoms with Gasteiger partial charge in [0.05, 0.1) is 16.5 Å². The number of halogens is 1. The molecule has 0 heterocycles. The first-order valence-electron chi connectivity index (χ1n) is 6.61. The van der Waals surface area contributed by atoms with Gasteiger partial charge >= 0.3 is 0 Å². The second-order valence-corrected chi connectivity index (χ2v) is 5.82. The lowest BCUT2D eigenvalue weighted by Gasteiger charge is -2.11. The molecular formula is C15H12BrN3O4S. The molecule has 1 amide bonds. The number of nitrogens with one attached hydrogen (secondary N) is 2. The van der Waals surface area contributed by atoms with Gasteiger partial charge in [0.1, 0.15) is 5.75 Å². The van der Waals surface area contributed by atoms with E-state index in [2.05, 4.69) is 26.6 Å². The molecule has 9 heteroatoms. The first-order valence-corrected chi connectivity index (χ1v) is 7.81. The third-order valence-electron chi connectivity index (χ3n) is 2.98. The molecule has 0 atom stereocenters. The van der Waals surface area contributed by atoms with Gasteiger partial charge in [-0.3, -0.25) is 20.2 Å². The topological polar surface area (TPSA) is 93.5 Å². The van der Waals surface area contributed by atoms with Gasteiger partial charge in [-0.25, -0.2) is 0 Å². The minimum absolute atomic E-state index is 0.0877. The van der Waals surface area contributed by atoms with E-state index in [1.165, 1.54) is 24.3 Å². The number of ether oxygens (including phenoxy) is 1. The number of nitro groups is 1. The largest absolute Gasteiger partial charge is 0.496 e. The Hall–Kier alpha value is -2.52. The van der Waals surface area contributed by atoms with E-state index in [-0.39, 0.29) is 16.4 Å². The Morgan fingerprint density at radius 2 is 1.92 bits per heavy atom. The number of nitro benzene ring substituents is 1. The average Bonchev–Trinajstić information content (AvgIpc) is 2.55. The van der Waals surface area contributed by atoms with Crippen LogP contribution in [0, 0.1) is 10.1 Å². The highest BCUT2D eigenvalue weighted by atomic mass is 79.9. The van der Waals surface area contributed by atoms with Crippen LogP contribution in [-0.2, 0) is 0 Å². The predicted octanol–water partition coefficient (Wildman–Crippen LogP) is 3.49. The highest BCUT2D eigenvalue weighted by Gasteiger charge is 2.11. The highest BCUT2D eigenvalue weighted by molar-refractivity contribution is 9.10. The second kappa shape index (κ2) is 7.84. The summed E-state index contributed by atoms with van der Waals surface area (Å²) in [5.41, 5.74) is 0.840. The van der Waals surface area contributed by atoms with Crippen molar-refractivity contribution in [3.05, 3.63) is 62.6 Å². The quantitative estimate of drug-likeness (QED) is 0.455. The summed E-state index contributed by atoms with van der Waals surface area (Å²) in [6.07, 6.45) is 0. The summed E-state index contributed by atoms with van der Waals surface area (Å²) < 4.78 is 5.86. The van der Waals surface area contributed by atoms with E-state index in [1.807, 2.05) is 0 Å². The van der Waals surface area contributed by atoms with E-state index in [0.717, 1.165) is 4.47 Å². The highest BCUT2D eigenvalue weighted by Crippen LogP contribution is 2.27. The molecule has 0 aliphatic heterocycles. The third-order valence-corrected chi connectivity index (χ3v) is 3.80. The third kappa shape index (κ3) is 4.49. The first kappa shape index (κ1) is 17.8. The smallest absolute Gasteiger partial charge is 0.269 e. The molecule has 2 N–H and O–H groups in total. The van der Waals surface area contributed by atoms with Crippen molar-refractivity contribution in [2.45, 2.75) is 0 Å². The van der Waals surface area contributed by atoms with E-state index >= 15 is 0 Å². The van der Waals surface area contributed by atoms with Crippen LogP contribution in [0.1, 0.15) is 10.4 Å². The number of amides is 1. The summed E-state index contributed by atoms with van der Waals surface area (Å²) in [5, 5.41) is 16.1. The van der Waals surface area contributed by atoms with E-state index in [1.54, 1.807) is 25.3 Å². The zero-order valence-corrected chi connectivity index (χ0v) is 14.8. The molecule has 0 unspecified atom stereocenters. The van der Waals surface area contributed by atoms with Crippen molar-refractivity contribution in [3.8, 4) is 5.75 Å². The van der Waals surface area contributed by atoms with Gasteiger partial charge in [0, 0.05) is 23.4 Å². The molecule has 0 saturated heterocycles. The molecule has 124 valence electrons. The molecule has 2 rings (SSSR count). The number of hydrogen-bond acceptors (Lipinski definition) is 5. The van der Waals surface area contributed by atoms with Gasteiger partial charge in [0.15, 0.2) is 5.11 Å². The van der Waals surface area contributed by atoms with Crippen LogP contribution in [0.3, 0.4) is 0 Å². The zero-order valence-electron chi connectivity index (χ0n) is 12.4. The number of thiocarbonyl (C=S) groups is 1. The average molecular weight is 410 g/mol. The molecule has 0 aliphatic carbocycles. The number of rotatable bonds is 4. The van der Waals surface area contributed by atoms with Crippen LogP contribution >= 0.6 is 28.1 Å². The van der Waals surface area contributed by atoms with Crippen molar-refractivity contribution in [2.75, 3.05) is 12.4 Å². The van der Waals surface area contributed by atoms with Gasteiger partial charge in [-0.1, -0.05) is 0 Å². The maximum atomic E-state index is 12.1. The fraction of sp³-hybridized carbons (Fsp3) is 0.0667. The molecule has 7 nitrogen and oxygen atoms in total. The minimum atomic E-state index is -0.532. The summed E-state index contributed by atoms with van der Waals surface area (Å²) >= 11 is 8.44. The van der Waals surface area contributed by atoms with Crippen LogP contribution in [0.15, 0.2) is 46.9 Å². The number of anilines is 1. The lowest BCUT2D eigenvalue weighted by Crippen LogP contribution is -2.34. The molecule has 0 spiro atoms. The monoisotopic (exact) mass is 409 g/mol.